The van der Waals surface area contributed by atoms with Gasteiger partial charge in [0.1, 0.15) is 18.1 Å². The molecule has 1 aliphatic heterocycles. The van der Waals surface area contributed by atoms with Crippen LogP contribution in [0.3, 0.4) is 0 Å². The van der Waals surface area contributed by atoms with Crippen molar-refractivity contribution in [1.82, 2.24) is 26.2 Å². The molecule has 0 spiro atoms. The molecule has 1 unspecified atom stereocenters. The molecule has 3 rings (SSSR count). The van der Waals surface area contributed by atoms with E-state index in [0.717, 1.165) is 38.5 Å². The summed E-state index contributed by atoms with van der Waals surface area (Å²) in [5.74, 6) is -3.08. The number of amides is 5. The van der Waals surface area contributed by atoms with Crippen LogP contribution in [0.2, 0.25) is 0 Å². The minimum atomic E-state index is -1.02. The van der Waals surface area contributed by atoms with Gasteiger partial charge in [0, 0.05) is 13.1 Å². The molecule has 3 aliphatic rings. The summed E-state index contributed by atoms with van der Waals surface area (Å²) >= 11 is 0. The lowest BCUT2D eigenvalue weighted by Crippen LogP contribution is -2.61. The van der Waals surface area contributed by atoms with E-state index in [4.69, 9.17) is 4.74 Å². The van der Waals surface area contributed by atoms with E-state index in [0.29, 0.717) is 19.4 Å². The SMILES string of the molecule is C=CCNC(=O)C(=O)C(CCCC)NC(=O)[C@@H]1[C@@H]2[C@H](CN1C(=O)[C@@H](NC(=O)N[C@@H](C)C(=O)OC(C)C)C1CCCCC1)C2(C)C. The van der Waals surface area contributed by atoms with Crippen molar-refractivity contribution in [3.8, 4) is 0 Å². The third-order valence-corrected chi connectivity index (χ3v) is 9.60. The van der Waals surface area contributed by atoms with E-state index in [-0.39, 0.29) is 41.7 Å². The first kappa shape index (κ1) is 36.0. The normalized spacial score (nSPS) is 24.0. The van der Waals surface area contributed by atoms with Gasteiger partial charge in [0.05, 0.1) is 12.1 Å². The van der Waals surface area contributed by atoms with Crippen molar-refractivity contribution in [1.29, 1.82) is 0 Å². The van der Waals surface area contributed by atoms with Crippen LogP contribution in [0.25, 0.3) is 0 Å². The molecule has 12 nitrogen and oxygen atoms in total. The molecule has 0 bridgehead atoms. The Hall–Kier alpha value is -3.44. The number of Topliss-reactive ketones (excluding diaryl/α,β-unsaturated/α-hetero) is 1. The molecule has 2 saturated carbocycles. The summed E-state index contributed by atoms with van der Waals surface area (Å²) in [5, 5.41) is 10.7. The van der Waals surface area contributed by atoms with Crippen molar-refractivity contribution in [2.75, 3.05) is 13.1 Å². The van der Waals surface area contributed by atoms with Gasteiger partial charge in [0.15, 0.2) is 0 Å². The number of fused-ring (bicyclic) bond motifs is 1. The fourth-order valence-corrected chi connectivity index (χ4v) is 6.96. The van der Waals surface area contributed by atoms with E-state index in [9.17, 15) is 28.8 Å². The minimum Gasteiger partial charge on any atom is -0.461 e. The van der Waals surface area contributed by atoms with Gasteiger partial charge in [0.2, 0.25) is 17.6 Å². The number of hydrogen-bond donors (Lipinski definition) is 4. The first-order chi connectivity index (χ1) is 21.2. The van der Waals surface area contributed by atoms with Crippen molar-refractivity contribution in [2.24, 2.45) is 23.2 Å². The first-order valence-corrected chi connectivity index (χ1v) is 16.6. The zero-order valence-corrected chi connectivity index (χ0v) is 27.8. The topological polar surface area (TPSA) is 163 Å². The minimum absolute atomic E-state index is 0.0875. The smallest absolute Gasteiger partial charge is 0.328 e. The number of ketones is 1. The van der Waals surface area contributed by atoms with Gasteiger partial charge in [-0.15, -0.1) is 6.58 Å². The predicted octanol–water partition coefficient (Wildman–Crippen LogP) is 2.60. The lowest BCUT2D eigenvalue weighted by Gasteiger charge is -2.37. The van der Waals surface area contributed by atoms with Crippen molar-refractivity contribution in [3.63, 3.8) is 0 Å². The number of nitrogens with zero attached hydrogens (tertiary/aromatic N) is 1. The summed E-state index contributed by atoms with van der Waals surface area (Å²) in [6, 6.07) is -4.34. The van der Waals surface area contributed by atoms with E-state index in [2.05, 4.69) is 41.7 Å². The number of hydrogen-bond acceptors (Lipinski definition) is 7. The van der Waals surface area contributed by atoms with E-state index >= 15 is 0 Å². The van der Waals surface area contributed by atoms with Crippen molar-refractivity contribution < 1.29 is 33.5 Å². The van der Waals surface area contributed by atoms with Gasteiger partial charge in [-0.05, 0) is 63.2 Å². The molecule has 2 aliphatic carbocycles. The molecular weight excluding hydrogens is 578 g/mol. The molecule has 252 valence electrons. The van der Waals surface area contributed by atoms with Crippen molar-refractivity contribution in [2.45, 2.75) is 123 Å². The van der Waals surface area contributed by atoms with Crippen molar-refractivity contribution >= 4 is 35.5 Å². The maximum atomic E-state index is 14.3. The lowest BCUT2D eigenvalue weighted by atomic mass is 9.83. The average Bonchev–Trinajstić information content (AvgIpc) is 3.30. The third-order valence-electron chi connectivity index (χ3n) is 9.60. The highest BCUT2D eigenvalue weighted by molar-refractivity contribution is 6.38. The van der Waals surface area contributed by atoms with E-state index in [1.165, 1.54) is 13.0 Å². The van der Waals surface area contributed by atoms with E-state index in [1.54, 1.807) is 18.7 Å². The number of piperidine rings is 1. The molecule has 3 fully saturated rings. The van der Waals surface area contributed by atoms with Crippen LogP contribution in [-0.4, -0.2) is 83.8 Å². The molecule has 6 atom stereocenters. The Balaban J connectivity index is 1.82. The second-order valence-corrected chi connectivity index (χ2v) is 13.7. The van der Waals surface area contributed by atoms with Crippen LogP contribution in [0.5, 0.6) is 0 Å². The number of rotatable bonds is 15. The Morgan fingerprint density at radius 3 is 2.27 bits per heavy atom. The molecule has 1 saturated heterocycles. The standard InChI is InChI=1S/C33H53N5O7/c1-8-10-16-23(27(39)29(41)34-17-9-2)36-28(40)26-24-22(33(24,6)7)18-38(26)30(42)25(21-14-12-11-13-15-21)37-32(44)35-20(5)31(43)45-19(3)4/h9,19-26H,2,8,10-18H2,1,3-7H3,(H,34,41)(H,36,40)(H2,35,37,44)/t20-,22-,23?,24-,25-,26-/m0/s1. The first-order valence-electron chi connectivity index (χ1n) is 16.6. The number of esters is 1. The van der Waals surface area contributed by atoms with Gasteiger partial charge in [0.25, 0.3) is 5.91 Å². The number of carbonyl (C=O) groups is 6. The number of nitrogens with one attached hydrogen (secondary N) is 4. The maximum Gasteiger partial charge on any atom is 0.328 e. The van der Waals surface area contributed by atoms with Gasteiger partial charge in [-0.3, -0.25) is 19.2 Å². The van der Waals surface area contributed by atoms with Crippen LogP contribution in [-0.2, 0) is 28.7 Å². The Morgan fingerprint density at radius 1 is 1.00 bits per heavy atom. The summed E-state index contributed by atoms with van der Waals surface area (Å²) in [4.78, 5) is 80.8. The zero-order valence-electron chi connectivity index (χ0n) is 27.8. The number of ether oxygens (including phenoxy) is 1. The van der Waals surface area contributed by atoms with Gasteiger partial charge in [-0.2, -0.15) is 0 Å². The number of likely N-dealkylation sites (tertiary alicyclic amines) is 1. The molecule has 4 N–H and O–H groups in total. The Labute approximate surface area is 267 Å². The molecule has 0 aromatic rings. The van der Waals surface area contributed by atoms with Crippen LogP contribution in [0.15, 0.2) is 12.7 Å². The third kappa shape index (κ3) is 8.85. The highest BCUT2D eigenvalue weighted by atomic mass is 16.5. The molecule has 0 aromatic heterocycles. The fraction of sp³-hybridized carbons (Fsp3) is 0.758. The lowest BCUT2D eigenvalue weighted by molar-refractivity contribution is -0.149. The largest absolute Gasteiger partial charge is 0.461 e. The zero-order chi connectivity index (χ0) is 33.5. The van der Waals surface area contributed by atoms with Crippen LogP contribution in [0.4, 0.5) is 4.79 Å². The number of unbranched alkanes of at least 4 members (excludes halogenated alkanes) is 1. The van der Waals surface area contributed by atoms with Gasteiger partial charge >= 0.3 is 12.0 Å². The highest BCUT2D eigenvalue weighted by Gasteiger charge is 2.69. The van der Waals surface area contributed by atoms with Crippen LogP contribution >= 0.6 is 0 Å². The number of carbonyl (C=O) groups excluding carboxylic acids is 6. The molecule has 5 amide bonds. The van der Waals surface area contributed by atoms with Gasteiger partial charge in [-0.1, -0.05) is 59.0 Å². The van der Waals surface area contributed by atoms with Crippen LogP contribution in [0.1, 0.15) is 92.9 Å². The quantitative estimate of drug-likeness (QED) is 0.123. The van der Waals surface area contributed by atoms with E-state index in [1.807, 2.05) is 6.92 Å². The Bertz CT molecular complexity index is 1130. The maximum absolute atomic E-state index is 14.3. The van der Waals surface area contributed by atoms with Crippen molar-refractivity contribution in [3.05, 3.63) is 12.7 Å². The number of urea groups is 1. The van der Waals surface area contributed by atoms with Crippen LogP contribution < -0.4 is 21.3 Å². The molecule has 0 aromatic carbocycles. The fourth-order valence-electron chi connectivity index (χ4n) is 6.96. The molecule has 45 heavy (non-hydrogen) atoms. The predicted molar refractivity (Wildman–Crippen MR) is 169 cm³/mol. The second-order valence-electron chi connectivity index (χ2n) is 13.7. The highest BCUT2D eigenvalue weighted by Crippen LogP contribution is 2.65. The summed E-state index contributed by atoms with van der Waals surface area (Å²) in [6.07, 6.45) is 7.21. The summed E-state index contributed by atoms with van der Waals surface area (Å²) < 4.78 is 5.19. The summed E-state index contributed by atoms with van der Waals surface area (Å²) in [5.41, 5.74) is -0.180. The summed E-state index contributed by atoms with van der Waals surface area (Å²) in [6.45, 7) is 15.1. The van der Waals surface area contributed by atoms with Crippen LogP contribution in [0, 0.1) is 23.2 Å². The van der Waals surface area contributed by atoms with E-state index < -0.39 is 53.8 Å². The second kappa shape index (κ2) is 15.7. The molecule has 1 heterocycles. The average molecular weight is 632 g/mol. The Kier molecular flexibility index (Phi) is 12.6. The molecule has 12 heteroatoms. The molecular formula is C33H53N5O7. The summed E-state index contributed by atoms with van der Waals surface area (Å²) in [7, 11) is 0. The van der Waals surface area contributed by atoms with Gasteiger partial charge < -0.3 is 30.9 Å². The Morgan fingerprint density at radius 2 is 1.67 bits per heavy atom. The monoisotopic (exact) mass is 631 g/mol. The van der Waals surface area contributed by atoms with Gasteiger partial charge in [-0.25, -0.2) is 9.59 Å². The molecule has 0 radical (unpaired) electrons.